The summed E-state index contributed by atoms with van der Waals surface area (Å²) in [6.07, 6.45) is -3.62. The third-order valence-electron chi connectivity index (χ3n) is 3.62. The highest BCUT2D eigenvalue weighted by Crippen LogP contribution is 2.31. The number of hydrogen-bond acceptors (Lipinski definition) is 4. The van der Waals surface area contributed by atoms with Gasteiger partial charge in [0, 0.05) is 19.8 Å². The predicted octanol–water partition coefficient (Wildman–Crippen LogP) is 1.79. The van der Waals surface area contributed by atoms with Crippen molar-refractivity contribution in [3.63, 3.8) is 0 Å². The molecule has 3 N–H and O–H groups in total. The number of carbonyl (C=O) groups excluding carboxylic acids is 1. The first kappa shape index (κ1) is 15.6. The fourth-order valence-electron chi connectivity index (χ4n) is 2.22. The first-order chi connectivity index (χ1) is 9.83. The second-order valence-corrected chi connectivity index (χ2v) is 5.02. The number of aromatic nitrogens is 1. The second-order valence-electron chi connectivity index (χ2n) is 5.02. The first-order valence-electron chi connectivity index (χ1n) is 6.49. The van der Waals surface area contributed by atoms with Crippen LogP contribution in [0.5, 0.6) is 0 Å². The average Bonchev–Trinajstić information content (AvgIpc) is 2.45. The van der Waals surface area contributed by atoms with Crippen LogP contribution in [0.2, 0.25) is 0 Å². The largest absolute Gasteiger partial charge is 0.433 e. The molecule has 0 bridgehead atoms. The Kier molecular flexibility index (Phi) is 4.36. The molecule has 116 valence electrons. The summed E-state index contributed by atoms with van der Waals surface area (Å²) in [5, 5.41) is 2.78. The van der Waals surface area contributed by atoms with E-state index in [1.807, 2.05) is 0 Å². The molecule has 2 heterocycles. The molecule has 1 aliphatic rings. The Morgan fingerprint density at radius 1 is 1.38 bits per heavy atom. The fourth-order valence-corrected chi connectivity index (χ4v) is 2.22. The molecule has 0 aliphatic carbocycles. The molecule has 8 heteroatoms. The molecule has 0 aromatic carbocycles. The number of nitrogens with zero attached hydrogens (tertiary/aromatic N) is 1. The van der Waals surface area contributed by atoms with Crippen molar-refractivity contribution in [2.75, 3.05) is 25.1 Å². The maximum atomic E-state index is 12.6. The van der Waals surface area contributed by atoms with E-state index in [1.165, 1.54) is 12.1 Å². The molecule has 0 spiro atoms. The van der Waals surface area contributed by atoms with Crippen molar-refractivity contribution in [3.8, 4) is 0 Å². The Bertz CT molecular complexity index is 514. The summed E-state index contributed by atoms with van der Waals surface area (Å²) in [5.74, 6) is -0.415. The lowest BCUT2D eigenvalue weighted by Gasteiger charge is -2.34. The number of nitrogens with one attached hydrogen (secondary N) is 1. The van der Waals surface area contributed by atoms with Crippen LogP contribution in [0.25, 0.3) is 0 Å². The molecule has 1 amide bonds. The number of amides is 1. The van der Waals surface area contributed by atoms with Gasteiger partial charge in [-0.1, -0.05) is 6.07 Å². The SMILES string of the molecule is NC(=O)C1(CNc2cccc(C(F)(F)F)n2)CCOCC1. The smallest absolute Gasteiger partial charge is 0.381 e. The molecule has 21 heavy (non-hydrogen) atoms. The van der Waals surface area contributed by atoms with Crippen molar-refractivity contribution in [3.05, 3.63) is 23.9 Å². The zero-order valence-electron chi connectivity index (χ0n) is 11.2. The van der Waals surface area contributed by atoms with Crippen LogP contribution in [0.1, 0.15) is 18.5 Å². The van der Waals surface area contributed by atoms with Crippen LogP contribution >= 0.6 is 0 Å². The molecular formula is C13H16F3N3O2. The Morgan fingerprint density at radius 2 is 2.05 bits per heavy atom. The van der Waals surface area contributed by atoms with Gasteiger partial charge in [-0.05, 0) is 25.0 Å². The molecule has 5 nitrogen and oxygen atoms in total. The minimum atomic E-state index is -4.50. The van der Waals surface area contributed by atoms with E-state index in [2.05, 4.69) is 10.3 Å². The Labute approximate surface area is 119 Å². The predicted molar refractivity (Wildman–Crippen MR) is 69.4 cm³/mol. The van der Waals surface area contributed by atoms with E-state index in [9.17, 15) is 18.0 Å². The molecule has 1 aliphatic heterocycles. The number of halogens is 3. The highest BCUT2D eigenvalue weighted by Gasteiger charge is 2.38. The van der Waals surface area contributed by atoms with Crippen LogP contribution < -0.4 is 11.1 Å². The standard InChI is InChI=1S/C13H16F3N3O2/c14-13(15,16)9-2-1-3-10(19-9)18-8-12(11(17)20)4-6-21-7-5-12/h1-3H,4-8H2,(H2,17,20)(H,18,19). The van der Waals surface area contributed by atoms with Gasteiger partial charge in [-0.15, -0.1) is 0 Å². The van der Waals surface area contributed by atoms with Gasteiger partial charge in [-0.2, -0.15) is 13.2 Å². The van der Waals surface area contributed by atoms with Crippen LogP contribution in [-0.2, 0) is 15.7 Å². The van der Waals surface area contributed by atoms with Crippen molar-refractivity contribution >= 4 is 11.7 Å². The van der Waals surface area contributed by atoms with E-state index < -0.39 is 23.2 Å². The number of rotatable bonds is 4. The molecule has 0 radical (unpaired) electrons. The number of carbonyl (C=O) groups is 1. The zero-order chi connectivity index (χ0) is 15.5. The van der Waals surface area contributed by atoms with Gasteiger partial charge in [0.15, 0.2) is 0 Å². The number of primary amides is 1. The Hall–Kier alpha value is -1.83. The number of ether oxygens (including phenoxy) is 1. The third-order valence-corrected chi connectivity index (χ3v) is 3.62. The molecule has 1 fully saturated rings. The molecule has 1 saturated heterocycles. The summed E-state index contributed by atoms with van der Waals surface area (Å²) >= 11 is 0. The third kappa shape index (κ3) is 3.63. The summed E-state index contributed by atoms with van der Waals surface area (Å²) in [6.45, 7) is 0.946. The first-order valence-corrected chi connectivity index (χ1v) is 6.49. The van der Waals surface area contributed by atoms with Gasteiger partial charge in [-0.25, -0.2) is 4.98 Å². The zero-order valence-corrected chi connectivity index (χ0v) is 11.2. The van der Waals surface area contributed by atoms with Crippen molar-refractivity contribution in [2.24, 2.45) is 11.1 Å². The van der Waals surface area contributed by atoms with Crippen LogP contribution in [0.15, 0.2) is 18.2 Å². The Balaban J connectivity index is 2.09. The highest BCUT2D eigenvalue weighted by molar-refractivity contribution is 5.81. The number of pyridine rings is 1. The molecule has 0 atom stereocenters. The maximum absolute atomic E-state index is 12.6. The normalized spacial score (nSPS) is 18.2. The van der Waals surface area contributed by atoms with Gasteiger partial charge in [0.25, 0.3) is 0 Å². The van der Waals surface area contributed by atoms with Gasteiger partial charge in [0.05, 0.1) is 5.41 Å². The monoisotopic (exact) mass is 303 g/mol. The van der Waals surface area contributed by atoms with Gasteiger partial charge in [-0.3, -0.25) is 4.79 Å². The van der Waals surface area contributed by atoms with Gasteiger partial charge >= 0.3 is 6.18 Å². The molecule has 1 aromatic rings. The molecule has 2 rings (SSSR count). The van der Waals surface area contributed by atoms with Crippen molar-refractivity contribution in [2.45, 2.75) is 19.0 Å². The number of anilines is 1. The lowest BCUT2D eigenvalue weighted by atomic mass is 9.79. The lowest BCUT2D eigenvalue weighted by molar-refractivity contribution is -0.141. The average molecular weight is 303 g/mol. The number of hydrogen-bond donors (Lipinski definition) is 2. The van der Waals surface area contributed by atoms with E-state index in [0.717, 1.165) is 6.07 Å². The summed E-state index contributed by atoms with van der Waals surface area (Å²) in [6, 6.07) is 3.58. The fraction of sp³-hybridized carbons (Fsp3) is 0.538. The van der Waals surface area contributed by atoms with Crippen LogP contribution in [0.3, 0.4) is 0 Å². The number of alkyl halides is 3. The summed E-state index contributed by atoms with van der Waals surface area (Å²) in [5.41, 5.74) is 3.64. The van der Waals surface area contributed by atoms with Gasteiger partial charge in [0.2, 0.25) is 5.91 Å². The summed E-state index contributed by atoms with van der Waals surface area (Å²) < 4.78 is 42.9. The molecule has 0 unspecified atom stereocenters. The van der Waals surface area contributed by atoms with Gasteiger partial charge in [0.1, 0.15) is 11.5 Å². The quantitative estimate of drug-likeness (QED) is 0.889. The lowest BCUT2D eigenvalue weighted by Crippen LogP contribution is -2.46. The second kappa shape index (κ2) is 5.88. The molecule has 1 aromatic heterocycles. The Morgan fingerprint density at radius 3 is 2.62 bits per heavy atom. The number of nitrogens with two attached hydrogens (primary N) is 1. The van der Waals surface area contributed by atoms with Gasteiger partial charge < -0.3 is 15.8 Å². The van der Waals surface area contributed by atoms with Crippen LogP contribution in [0, 0.1) is 5.41 Å². The van der Waals surface area contributed by atoms with E-state index in [4.69, 9.17) is 10.5 Å². The van der Waals surface area contributed by atoms with Crippen molar-refractivity contribution in [1.82, 2.24) is 4.98 Å². The van der Waals surface area contributed by atoms with Crippen LogP contribution in [0.4, 0.5) is 19.0 Å². The van der Waals surface area contributed by atoms with E-state index in [0.29, 0.717) is 26.1 Å². The van der Waals surface area contributed by atoms with E-state index in [-0.39, 0.29) is 12.4 Å². The van der Waals surface area contributed by atoms with Crippen molar-refractivity contribution < 1.29 is 22.7 Å². The minimum absolute atomic E-state index is 0.0666. The summed E-state index contributed by atoms with van der Waals surface area (Å²) in [7, 11) is 0. The maximum Gasteiger partial charge on any atom is 0.433 e. The minimum Gasteiger partial charge on any atom is -0.381 e. The molecular weight excluding hydrogens is 287 g/mol. The van der Waals surface area contributed by atoms with E-state index >= 15 is 0 Å². The van der Waals surface area contributed by atoms with E-state index in [1.54, 1.807) is 0 Å². The summed E-state index contributed by atoms with van der Waals surface area (Å²) in [4.78, 5) is 15.1. The van der Waals surface area contributed by atoms with Crippen molar-refractivity contribution in [1.29, 1.82) is 0 Å². The topological polar surface area (TPSA) is 77.2 Å². The highest BCUT2D eigenvalue weighted by atomic mass is 19.4. The molecule has 0 saturated carbocycles. The van der Waals surface area contributed by atoms with Crippen LogP contribution in [-0.4, -0.2) is 30.6 Å².